The van der Waals surface area contributed by atoms with E-state index >= 15 is 0 Å². The highest BCUT2D eigenvalue weighted by Gasteiger charge is 2.38. The Morgan fingerprint density at radius 1 is 0.974 bits per heavy atom. The highest BCUT2D eigenvalue weighted by molar-refractivity contribution is 5.64. The van der Waals surface area contributed by atoms with E-state index in [1.165, 1.54) is 24.3 Å². The van der Waals surface area contributed by atoms with Gasteiger partial charge in [0.25, 0.3) is 11.4 Å². The van der Waals surface area contributed by atoms with E-state index in [4.69, 9.17) is 10.5 Å². The smallest absolute Gasteiger partial charge is 0.270 e. The summed E-state index contributed by atoms with van der Waals surface area (Å²) < 4.78 is 6.04. The maximum Gasteiger partial charge on any atom is 0.270 e. The predicted octanol–water partition coefficient (Wildman–Crippen LogP) is 5.16. The molecule has 0 amide bonds. The zero-order chi connectivity index (χ0) is 27.5. The van der Waals surface area contributed by atoms with E-state index in [2.05, 4.69) is 11.0 Å². The van der Waals surface area contributed by atoms with Gasteiger partial charge in [-0.2, -0.15) is 5.26 Å². The lowest BCUT2D eigenvalue weighted by Crippen LogP contribution is -2.37. The van der Waals surface area contributed by atoms with Crippen LogP contribution in [0.3, 0.4) is 0 Å². The first-order valence-electron chi connectivity index (χ1n) is 12.1. The van der Waals surface area contributed by atoms with Crippen molar-refractivity contribution in [2.24, 2.45) is 5.73 Å². The van der Waals surface area contributed by atoms with Crippen LogP contribution in [-0.2, 0) is 11.3 Å². The molecule has 39 heavy (non-hydrogen) atoms. The minimum atomic E-state index is -0.661. The third-order valence-electron chi connectivity index (χ3n) is 6.69. The molecule has 10 nitrogen and oxygen atoms in total. The second-order valence-corrected chi connectivity index (χ2v) is 9.28. The number of hydrogen-bond donors (Lipinski definition) is 1. The monoisotopic (exact) mass is 521 g/mol. The fourth-order valence-corrected chi connectivity index (χ4v) is 5.02. The summed E-state index contributed by atoms with van der Waals surface area (Å²) in [5, 5.41) is 32.9. The second-order valence-electron chi connectivity index (χ2n) is 9.28. The van der Waals surface area contributed by atoms with Gasteiger partial charge in [0.05, 0.1) is 15.8 Å². The van der Waals surface area contributed by atoms with Crippen molar-refractivity contribution in [2.75, 3.05) is 13.1 Å². The SMILES string of the molecule is N#CC1=C(N)OC2=C(CN(Cc3ccccc3)C/C2=C/c2cccc([N+](=O)[O-])c2)C1c1cccc([N+](=O)[O-])c1. The van der Waals surface area contributed by atoms with Gasteiger partial charge in [0.2, 0.25) is 5.88 Å². The molecular formula is C29H23N5O5. The molecule has 2 aliphatic heterocycles. The number of rotatable bonds is 6. The van der Waals surface area contributed by atoms with Gasteiger partial charge in [-0.1, -0.05) is 54.6 Å². The summed E-state index contributed by atoms with van der Waals surface area (Å²) in [5.74, 6) is -0.265. The molecule has 5 rings (SSSR count). The van der Waals surface area contributed by atoms with Crippen LogP contribution >= 0.6 is 0 Å². The normalized spacial score (nSPS) is 18.3. The lowest BCUT2D eigenvalue weighted by Gasteiger charge is -2.38. The number of hydrogen-bond acceptors (Lipinski definition) is 8. The van der Waals surface area contributed by atoms with Crippen molar-refractivity contribution >= 4 is 17.5 Å². The van der Waals surface area contributed by atoms with Crippen LogP contribution in [0.5, 0.6) is 0 Å². The molecule has 0 radical (unpaired) electrons. The van der Waals surface area contributed by atoms with Crippen molar-refractivity contribution < 1.29 is 14.6 Å². The first kappa shape index (κ1) is 25.4. The van der Waals surface area contributed by atoms with Crippen molar-refractivity contribution in [2.45, 2.75) is 12.5 Å². The fraction of sp³-hybridized carbons (Fsp3) is 0.138. The molecule has 3 aromatic carbocycles. The minimum Gasteiger partial charge on any atom is -0.440 e. The standard InChI is InChI=1S/C29H23N5O5/c30-15-25-27(21-9-5-11-24(14-21)34(37)38)26-18-32(16-19-6-2-1-3-7-19)17-22(28(26)39-29(25)31)12-20-8-4-10-23(13-20)33(35)36/h1-14,27H,16-18,31H2/b22-12-. The Morgan fingerprint density at radius 3 is 2.36 bits per heavy atom. The topological polar surface area (TPSA) is 149 Å². The lowest BCUT2D eigenvalue weighted by atomic mass is 9.80. The van der Waals surface area contributed by atoms with Gasteiger partial charge < -0.3 is 10.5 Å². The van der Waals surface area contributed by atoms with Gasteiger partial charge in [-0.15, -0.1) is 0 Å². The summed E-state index contributed by atoms with van der Waals surface area (Å²) >= 11 is 0. The number of nitro benzene ring substituents is 2. The lowest BCUT2D eigenvalue weighted by molar-refractivity contribution is -0.385. The Kier molecular flexibility index (Phi) is 6.91. The van der Waals surface area contributed by atoms with Crippen LogP contribution < -0.4 is 5.73 Å². The molecule has 10 heteroatoms. The molecule has 0 saturated heterocycles. The molecule has 0 aromatic heterocycles. The number of nitriles is 1. The highest BCUT2D eigenvalue weighted by Crippen LogP contribution is 2.44. The van der Waals surface area contributed by atoms with Crippen molar-refractivity contribution in [1.82, 2.24) is 4.90 Å². The molecule has 1 unspecified atom stereocenters. The van der Waals surface area contributed by atoms with Gasteiger partial charge in [-0.25, -0.2) is 0 Å². The van der Waals surface area contributed by atoms with Gasteiger partial charge in [0.15, 0.2) is 0 Å². The molecule has 1 atom stereocenters. The number of nitrogens with zero attached hydrogens (tertiary/aromatic N) is 4. The second kappa shape index (κ2) is 10.6. The zero-order valence-corrected chi connectivity index (χ0v) is 20.7. The van der Waals surface area contributed by atoms with Crippen LogP contribution in [0, 0.1) is 31.6 Å². The van der Waals surface area contributed by atoms with Crippen LogP contribution in [0.1, 0.15) is 22.6 Å². The molecule has 0 saturated carbocycles. The first-order chi connectivity index (χ1) is 18.8. The number of nitro groups is 2. The molecule has 3 aromatic rings. The van der Waals surface area contributed by atoms with Crippen molar-refractivity contribution in [3.8, 4) is 6.07 Å². The first-order valence-corrected chi connectivity index (χ1v) is 12.1. The molecule has 2 aliphatic rings. The molecule has 194 valence electrons. The quantitative estimate of drug-likeness (QED) is 0.345. The summed E-state index contributed by atoms with van der Waals surface area (Å²) in [6.07, 6.45) is 1.81. The molecule has 0 fully saturated rings. The summed E-state index contributed by atoms with van der Waals surface area (Å²) in [5.41, 5.74) is 9.97. The number of allylic oxidation sites excluding steroid dienone is 1. The third kappa shape index (κ3) is 5.25. The summed E-state index contributed by atoms with van der Waals surface area (Å²) in [6.45, 7) is 1.46. The molecule has 0 spiro atoms. The van der Waals surface area contributed by atoms with Gasteiger partial charge in [0, 0.05) is 49.5 Å². The van der Waals surface area contributed by atoms with E-state index in [0.29, 0.717) is 36.5 Å². The number of nitrogens with two attached hydrogens (primary N) is 1. The summed E-state index contributed by atoms with van der Waals surface area (Å²) in [4.78, 5) is 24.1. The number of ether oxygens (including phenoxy) is 1. The Labute approximate surface area is 223 Å². The van der Waals surface area contributed by atoms with E-state index < -0.39 is 15.8 Å². The fourth-order valence-electron chi connectivity index (χ4n) is 5.02. The Balaban J connectivity index is 1.66. The maximum absolute atomic E-state index is 11.5. The van der Waals surface area contributed by atoms with E-state index in [-0.39, 0.29) is 22.8 Å². The van der Waals surface area contributed by atoms with E-state index in [0.717, 1.165) is 16.7 Å². The Hall–Kier alpha value is -5.27. The van der Waals surface area contributed by atoms with Gasteiger partial charge in [-0.3, -0.25) is 25.1 Å². The van der Waals surface area contributed by atoms with Gasteiger partial charge in [-0.05, 0) is 28.3 Å². The Morgan fingerprint density at radius 2 is 1.67 bits per heavy atom. The largest absolute Gasteiger partial charge is 0.440 e. The van der Waals surface area contributed by atoms with Crippen molar-refractivity contribution in [3.05, 3.63) is 144 Å². The minimum absolute atomic E-state index is 0.0410. The maximum atomic E-state index is 11.5. The average molecular weight is 522 g/mol. The average Bonchev–Trinajstić information content (AvgIpc) is 2.93. The van der Waals surface area contributed by atoms with E-state index in [9.17, 15) is 25.5 Å². The van der Waals surface area contributed by atoms with Crippen molar-refractivity contribution in [1.29, 1.82) is 5.26 Å². The predicted molar refractivity (Wildman–Crippen MR) is 144 cm³/mol. The van der Waals surface area contributed by atoms with Gasteiger partial charge >= 0.3 is 0 Å². The third-order valence-corrected chi connectivity index (χ3v) is 6.69. The van der Waals surface area contributed by atoms with Crippen LogP contribution in [0.15, 0.2) is 107 Å². The number of non-ortho nitro benzene ring substituents is 2. The van der Waals surface area contributed by atoms with Gasteiger partial charge in [0.1, 0.15) is 17.4 Å². The van der Waals surface area contributed by atoms with Crippen LogP contribution in [0.25, 0.3) is 6.08 Å². The molecule has 0 bridgehead atoms. The van der Waals surface area contributed by atoms with Crippen LogP contribution in [-0.4, -0.2) is 27.8 Å². The molecule has 0 aliphatic carbocycles. The number of benzene rings is 3. The van der Waals surface area contributed by atoms with Crippen LogP contribution in [0.2, 0.25) is 0 Å². The molecule has 2 heterocycles. The summed E-state index contributed by atoms with van der Waals surface area (Å²) in [7, 11) is 0. The summed E-state index contributed by atoms with van der Waals surface area (Å²) in [6, 6.07) is 24.5. The highest BCUT2D eigenvalue weighted by atomic mass is 16.6. The zero-order valence-electron chi connectivity index (χ0n) is 20.7. The van der Waals surface area contributed by atoms with E-state index in [1.807, 2.05) is 36.4 Å². The van der Waals surface area contributed by atoms with E-state index in [1.54, 1.807) is 24.3 Å². The molecule has 2 N–H and O–H groups in total. The molecular weight excluding hydrogens is 498 g/mol. The Bertz CT molecular complexity index is 1600. The van der Waals surface area contributed by atoms with Crippen molar-refractivity contribution in [3.63, 3.8) is 0 Å². The van der Waals surface area contributed by atoms with Crippen LogP contribution in [0.4, 0.5) is 11.4 Å².